The minimum absolute atomic E-state index is 0.0613. The van der Waals surface area contributed by atoms with Gasteiger partial charge in [0, 0.05) is 17.0 Å². The number of anilines is 1. The highest BCUT2D eigenvalue weighted by Crippen LogP contribution is 2.35. The van der Waals surface area contributed by atoms with Crippen LogP contribution in [-0.2, 0) is 0 Å². The number of nitrogens with zero attached hydrogens (tertiary/aromatic N) is 2. The molecule has 0 spiro atoms. The molecule has 1 aliphatic rings. The Bertz CT molecular complexity index is 1010. The summed E-state index contributed by atoms with van der Waals surface area (Å²) in [6.07, 6.45) is 4.14. The quantitative estimate of drug-likeness (QED) is 0.393. The molecule has 0 fully saturated rings. The van der Waals surface area contributed by atoms with Crippen molar-refractivity contribution in [3.05, 3.63) is 113 Å². The third kappa shape index (κ3) is 4.05. The number of halogens is 1. The summed E-state index contributed by atoms with van der Waals surface area (Å²) >= 11 is 5.89. The Balaban J connectivity index is 1.59. The van der Waals surface area contributed by atoms with Gasteiger partial charge >= 0.3 is 0 Å². The van der Waals surface area contributed by atoms with E-state index in [4.69, 9.17) is 16.7 Å². The molecule has 0 saturated heterocycles. The van der Waals surface area contributed by atoms with Gasteiger partial charge in [-0.15, -0.1) is 0 Å². The molecule has 138 valence electrons. The average molecular weight is 387 g/mol. The van der Waals surface area contributed by atoms with Crippen LogP contribution in [0.5, 0.6) is 0 Å². The van der Waals surface area contributed by atoms with Gasteiger partial charge in [-0.2, -0.15) is 5.10 Å². The van der Waals surface area contributed by atoms with E-state index in [2.05, 4.69) is 12.1 Å². The number of benzene rings is 3. The first kappa shape index (κ1) is 18.2. The molecule has 0 saturated carbocycles. The van der Waals surface area contributed by atoms with Crippen LogP contribution in [0.25, 0.3) is 0 Å². The van der Waals surface area contributed by atoms with Crippen molar-refractivity contribution in [3.63, 3.8) is 0 Å². The molecule has 0 aromatic heterocycles. The molecule has 0 aliphatic carbocycles. The number of carbonyl (C=O) groups is 1. The molecule has 4 heteroatoms. The van der Waals surface area contributed by atoms with Crippen LogP contribution in [0, 0.1) is 0 Å². The maximum absolute atomic E-state index is 12.4. The average Bonchev–Trinajstić information content (AvgIpc) is 3.18. The van der Waals surface area contributed by atoms with Gasteiger partial charge in [0.1, 0.15) is 0 Å². The van der Waals surface area contributed by atoms with E-state index in [0.717, 1.165) is 17.8 Å². The SMILES string of the molecule is O=C(/C=C/C1=NN(c2ccccc2)[C@H](c2ccccc2)C1)c1ccc(Cl)cc1. The van der Waals surface area contributed by atoms with E-state index in [1.807, 2.05) is 59.6 Å². The molecule has 1 aliphatic heterocycles. The highest BCUT2D eigenvalue weighted by Gasteiger charge is 2.28. The second-order valence-electron chi connectivity index (χ2n) is 6.61. The molecule has 0 N–H and O–H groups in total. The molecule has 3 aromatic rings. The predicted molar refractivity (Wildman–Crippen MR) is 115 cm³/mol. The summed E-state index contributed by atoms with van der Waals surface area (Å²) in [5.74, 6) is -0.0613. The standard InChI is InChI=1S/C24H19ClN2O/c25-20-13-11-19(12-14-20)24(28)16-15-21-17-23(18-7-3-1-4-8-18)27(26-21)22-9-5-2-6-10-22/h1-16,23H,17H2/b16-15+/t23-/m0/s1. The second-order valence-corrected chi connectivity index (χ2v) is 7.04. The van der Waals surface area contributed by atoms with Gasteiger partial charge in [0.05, 0.1) is 17.4 Å². The molecule has 3 nitrogen and oxygen atoms in total. The van der Waals surface area contributed by atoms with Crippen molar-refractivity contribution in [1.82, 2.24) is 0 Å². The molecule has 0 radical (unpaired) electrons. The fourth-order valence-electron chi connectivity index (χ4n) is 3.27. The molecular weight excluding hydrogens is 368 g/mol. The maximum atomic E-state index is 12.4. The summed E-state index contributed by atoms with van der Waals surface area (Å²) < 4.78 is 0. The van der Waals surface area contributed by atoms with E-state index in [1.54, 1.807) is 30.3 Å². The van der Waals surface area contributed by atoms with Crippen molar-refractivity contribution in [2.75, 3.05) is 5.01 Å². The molecule has 28 heavy (non-hydrogen) atoms. The van der Waals surface area contributed by atoms with E-state index < -0.39 is 0 Å². The summed E-state index contributed by atoms with van der Waals surface area (Å²) in [6.45, 7) is 0. The second kappa shape index (κ2) is 8.24. The first-order chi connectivity index (χ1) is 13.7. The molecule has 4 rings (SSSR count). The van der Waals surface area contributed by atoms with Crippen LogP contribution >= 0.6 is 11.6 Å². The van der Waals surface area contributed by atoms with Gasteiger partial charge in [-0.3, -0.25) is 9.80 Å². The van der Waals surface area contributed by atoms with Crippen LogP contribution < -0.4 is 5.01 Å². The van der Waals surface area contributed by atoms with E-state index in [1.165, 1.54) is 5.56 Å². The minimum atomic E-state index is -0.0613. The number of carbonyl (C=O) groups excluding carboxylic acids is 1. The molecule has 0 unspecified atom stereocenters. The van der Waals surface area contributed by atoms with Crippen LogP contribution in [-0.4, -0.2) is 11.5 Å². The topological polar surface area (TPSA) is 32.7 Å². The maximum Gasteiger partial charge on any atom is 0.185 e. The van der Waals surface area contributed by atoms with Crippen molar-refractivity contribution in [1.29, 1.82) is 0 Å². The largest absolute Gasteiger partial charge is 0.289 e. The van der Waals surface area contributed by atoms with E-state index in [0.29, 0.717) is 10.6 Å². The van der Waals surface area contributed by atoms with Crippen LogP contribution in [0.3, 0.4) is 0 Å². The number of hydrazone groups is 1. The van der Waals surface area contributed by atoms with Gasteiger partial charge in [-0.1, -0.05) is 60.1 Å². The molecule has 0 bridgehead atoms. The molecule has 3 aromatic carbocycles. The first-order valence-corrected chi connectivity index (χ1v) is 9.53. The van der Waals surface area contributed by atoms with Crippen molar-refractivity contribution in [2.45, 2.75) is 12.5 Å². The minimum Gasteiger partial charge on any atom is -0.289 e. The Morgan fingerprint density at radius 2 is 1.57 bits per heavy atom. The number of para-hydroxylation sites is 1. The van der Waals surface area contributed by atoms with Crippen molar-refractivity contribution in [3.8, 4) is 0 Å². The van der Waals surface area contributed by atoms with Crippen molar-refractivity contribution < 1.29 is 4.79 Å². The van der Waals surface area contributed by atoms with Gasteiger partial charge in [-0.05, 0) is 54.1 Å². The Kier molecular flexibility index (Phi) is 5.36. The third-order valence-corrected chi connectivity index (χ3v) is 4.95. The highest BCUT2D eigenvalue weighted by molar-refractivity contribution is 6.30. The van der Waals surface area contributed by atoms with E-state index in [9.17, 15) is 4.79 Å². The normalized spacial score (nSPS) is 16.4. The van der Waals surface area contributed by atoms with Crippen LogP contribution in [0.1, 0.15) is 28.4 Å². The summed E-state index contributed by atoms with van der Waals surface area (Å²) in [5, 5.41) is 7.43. The zero-order chi connectivity index (χ0) is 19.3. The molecule has 0 amide bonds. The zero-order valence-electron chi connectivity index (χ0n) is 15.2. The van der Waals surface area contributed by atoms with Gasteiger partial charge < -0.3 is 0 Å². The lowest BCUT2D eigenvalue weighted by Gasteiger charge is -2.23. The molecule has 1 atom stereocenters. The Labute approximate surface area is 169 Å². The van der Waals surface area contributed by atoms with E-state index >= 15 is 0 Å². The fraction of sp³-hybridized carbons (Fsp3) is 0.0833. The lowest BCUT2D eigenvalue weighted by Crippen LogP contribution is -2.18. The summed E-state index contributed by atoms with van der Waals surface area (Å²) in [7, 11) is 0. The summed E-state index contributed by atoms with van der Waals surface area (Å²) in [6, 6.07) is 27.4. The lowest BCUT2D eigenvalue weighted by atomic mass is 10.0. The first-order valence-electron chi connectivity index (χ1n) is 9.15. The fourth-order valence-corrected chi connectivity index (χ4v) is 3.40. The smallest absolute Gasteiger partial charge is 0.185 e. The highest BCUT2D eigenvalue weighted by atomic mass is 35.5. The number of hydrogen-bond acceptors (Lipinski definition) is 3. The number of allylic oxidation sites excluding steroid dienone is 2. The monoisotopic (exact) mass is 386 g/mol. The van der Waals surface area contributed by atoms with Crippen LogP contribution in [0.15, 0.2) is 102 Å². The summed E-state index contributed by atoms with van der Waals surface area (Å²) in [5.41, 5.74) is 3.71. The van der Waals surface area contributed by atoms with Gasteiger partial charge in [0.2, 0.25) is 0 Å². The van der Waals surface area contributed by atoms with Crippen LogP contribution in [0.2, 0.25) is 5.02 Å². The Morgan fingerprint density at radius 1 is 0.929 bits per heavy atom. The predicted octanol–water partition coefficient (Wildman–Crippen LogP) is 6.09. The van der Waals surface area contributed by atoms with Crippen molar-refractivity contribution in [2.24, 2.45) is 5.10 Å². The summed E-state index contributed by atoms with van der Waals surface area (Å²) in [4.78, 5) is 12.4. The van der Waals surface area contributed by atoms with E-state index in [-0.39, 0.29) is 11.8 Å². The Morgan fingerprint density at radius 3 is 2.25 bits per heavy atom. The zero-order valence-corrected chi connectivity index (χ0v) is 16.0. The van der Waals surface area contributed by atoms with Gasteiger partial charge in [-0.25, -0.2) is 0 Å². The number of rotatable bonds is 5. The van der Waals surface area contributed by atoms with Crippen molar-refractivity contribution >= 4 is 28.8 Å². The number of ketones is 1. The van der Waals surface area contributed by atoms with Gasteiger partial charge in [0.15, 0.2) is 5.78 Å². The molecule has 1 heterocycles. The van der Waals surface area contributed by atoms with Gasteiger partial charge in [0.25, 0.3) is 0 Å². The Hall–Kier alpha value is -3.17. The lowest BCUT2D eigenvalue weighted by molar-refractivity contribution is 0.104. The third-order valence-electron chi connectivity index (χ3n) is 4.69. The number of hydrogen-bond donors (Lipinski definition) is 0. The van der Waals surface area contributed by atoms with Crippen LogP contribution in [0.4, 0.5) is 5.69 Å². The molecular formula is C24H19ClN2O.